The molecular formula is C13H20N6OS. The molecule has 0 bridgehead atoms. The van der Waals surface area contributed by atoms with Gasteiger partial charge >= 0.3 is 0 Å². The highest BCUT2D eigenvalue weighted by Gasteiger charge is 2.24. The normalized spacial score (nSPS) is 18.1. The Morgan fingerprint density at radius 3 is 2.86 bits per heavy atom. The van der Waals surface area contributed by atoms with Crippen molar-refractivity contribution in [2.75, 3.05) is 30.8 Å². The van der Waals surface area contributed by atoms with Crippen LogP contribution in [-0.2, 0) is 4.74 Å². The highest BCUT2D eigenvalue weighted by molar-refractivity contribution is 7.09. The smallest absolute Gasteiger partial charge is 0.205 e. The lowest BCUT2D eigenvalue weighted by atomic mass is 9.94. The number of rotatable bonds is 4. The van der Waals surface area contributed by atoms with Crippen LogP contribution in [0, 0.1) is 0 Å². The number of piperidine rings is 1. The minimum absolute atomic E-state index is 0.0551. The Kier molecular flexibility index (Phi) is 4.07. The molecule has 21 heavy (non-hydrogen) atoms. The average molecular weight is 308 g/mol. The third-order valence-electron chi connectivity index (χ3n) is 3.97. The average Bonchev–Trinajstić information content (AvgIpc) is 3.16. The third-order valence-corrected chi connectivity index (χ3v) is 4.76. The van der Waals surface area contributed by atoms with Gasteiger partial charge in [-0.1, -0.05) is 0 Å². The second kappa shape index (κ2) is 5.98. The number of hydrogen-bond donors (Lipinski definition) is 2. The topological polar surface area (TPSA) is 93.0 Å². The number of hydrogen-bond acceptors (Lipinski definition) is 7. The van der Waals surface area contributed by atoms with Crippen LogP contribution in [0.1, 0.15) is 43.3 Å². The molecule has 1 aliphatic heterocycles. The molecule has 1 fully saturated rings. The van der Waals surface area contributed by atoms with Gasteiger partial charge in [-0.05, 0) is 19.8 Å². The van der Waals surface area contributed by atoms with Crippen molar-refractivity contribution in [2.45, 2.75) is 31.8 Å². The Bertz CT molecular complexity index is 589. The van der Waals surface area contributed by atoms with Crippen LogP contribution in [0.4, 0.5) is 10.9 Å². The second-order valence-corrected chi connectivity index (χ2v) is 6.05. The largest absolute Gasteiger partial charge is 0.382 e. The van der Waals surface area contributed by atoms with Crippen LogP contribution in [0.2, 0.25) is 0 Å². The molecule has 0 amide bonds. The van der Waals surface area contributed by atoms with Crippen molar-refractivity contribution in [3.63, 3.8) is 0 Å². The lowest BCUT2D eigenvalue weighted by Crippen LogP contribution is -2.32. The maximum absolute atomic E-state index is 5.67. The molecule has 1 unspecified atom stereocenters. The van der Waals surface area contributed by atoms with Crippen molar-refractivity contribution < 1.29 is 4.74 Å². The van der Waals surface area contributed by atoms with E-state index in [1.807, 2.05) is 13.0 Å². The van der Waals surface area contributed by atoms with Gasteiger partial charge in [0.2, 0.25) is 5.13 Å². The molecule has 1 aliphatic rings. The van der Waals surface area contributed by atoms with Crippen LogP contribution in [0.5, 0.6) is 0 Å². The Labute approximate surface area is 127 Å². The zero-order valence-corrected chi connectivity index (χ0v) is 13.1. The summed E-state index contributed by atoms with van der Waals surface area (Å²) in [6, 6.07) is 1.93. The Hall–Kier alpha value is -1.67. The van der Waals surface area contributed by atoms with Crippen molar-refractivity contribution in [2.24, 2.45) is 0 Å². The Morgan fingerprint density at radius 2 is 2.24 bits per heavy atom. The summed E-state index contributed by atoms with van der Waals surface area (Å²) in [5, 5.41) is 8.01. The number of H-pyrrole nitrogens is 1. The summed E-state index contributed by atoms with van der Waals surface area (Å²) in [5.41, 5.74) is 6.80. The van der Waals surface area contributed by atoms with Gasteiger partial charge in [0.25, 0.3) is 0 Å². The predicted octanol–water partition coefficient (Wildman–Crippen LogP) is 1.93. The lowest BCUT2D eigenvalue weighted by molar-refractivity contribution is 0.113. The number of aromatic amines is 1. The van der Waals surface area contributed by atoms with E-state index in [0.29, 0.717) is 11.7 Å². The number of methoxy groups -OCH3 is 1. The van der Waals surface area contributed by atoms with Crippen LogP contribution in [0.25, 0.3) is 0 Å². The predicted molar refractivity (Wildman–Crippen MR) is 82.5 cm³/mol. The molecule has 0 aromatic carbocycles. The van der Waals surface area contributed by atoms with E-state index in [1.165, 1.54) is 11.5 Å². The molecule has 0 saturated carbocycles. The van der Waals surface area contributed by atoms with Gasteiger partial charge in [-0.25, -0.2) is 4.98 Å². The maximum atomic E-state index is 5.67. The fourth-order valence-corrected chi connectivity index (χ4v) is 3.37. The van der Waals surface area contributed by atoms with Crippen LogP contribution in [-0.4, -0.2) is 39.8 Å². The number of nitrogens with one attached hydrogen (secondary N) is 1. The Balaban J connectivity index is 1.61. The van der Waals surface area contributed by atoms with E-state index < -0.39 is 0 Å². The zero-order valence-electron chi connectivity index (χ0n) is 12.2. The van der Waals surface area contributed by atoms with Gasteiger partial charge in [0.05, 0.1) is 0 Å². The van der Waals surface area contributed by atoms with Gasteiger partial charge in [-0.2, -0.15) is 9.47 Å². The summed E-state index contributed by atoms with van der Waals surface area (Å²) in [4.78, 5) is 6.87. The summed E-state index contributed by atoms with van der Waals surface area (Å²) in [6.07, 6.45) is 2.08. The molecule has 2 aromatic rings. The number of nitrogens with zero attached hydrogens (tertiary/aromatic N) is 4. The van der Waals surface area contributed by atoms with Gasteiger partial charge < -0.3 is 15.4 Å². The molecule has 0 spiro atoms. The first-order valence-corrected chi connectivity index (χ1v) is 7.87. The van der Waals surface area contributed by atoms with Gasteiger partial charge in [0, 0.05) is 49.4 Å². The van der Waals surface area contributed by atoms with Crippen molar-refractivity contribution in [3.05, 3.63) is 17.6 Å². The number of ether oxygens (including phenoxy) is 1. The molecule has 7 nitrogen and oxygen atoms in total. The highest BCUT2D eigenvalue weighted by atomic mass is 32.1. The molecule has 1 atom stereocenters. The lowest BCUT2D eigenvalue weighted by Gasteiger charge is -2.30. The molecular weight excluding hydrogens is 288 g/mol. The molecule has 0 aliphatic carbocycles. The minimum atomic E-state index is -0.0551. The Morgan fingerprint density at radius 1 is 1.48 bits per heavy atom. The van der Waals surface area contributed by atoms with Gasteiger partial charge in [-0.3, -0.25) is 5.10 Å². The fraction of sp³-hybridized carbons (Fsp3) is 0.615. The van der Waals surface area contributed by atoms with Crippen LogP contribution in [0.15, 0.2) is 6.07 Å². The zero-order chi connectivity index (χ0) is 14.8. The highest BCUT2D eigenvalue weighted by Crippen LogP contribution is 2.31. The van der Waals surface area contributed by atoms with E-state index in [9.17, 15) is 0 Å². The molecule has 8 heteroatoms. The molecule has 2 aromatic heterocycles. The van der Waals surface area contributed by atoms with Crippen LogP contribution in [0.3, 0.4) is 0 Å². The van der Waals surface area contributed by atoms with E-state index >= 15 is 0 Å². The maximum Gasteiger partial charge on any atom is 0.205 e. The monoisotopic (exact) mass is 308 g/mol. The van der Waals surface area contributed by atoms with Crippen LogP contribution >= 0.6 is 11.5 Å². The van der Waals surface area contributed by atoms with Gasteiger partial charge in [0.15, 0.2) is 5.82 Å². The summed E-state index contributed by atoms with van der Waals surface area (Å²) in [5.74, 6) is 1.83. The van der Waals surface area contributed by atoms with E-state index in [-0.39, 0.29) is 6.10 Å². The van der Waals surface area contributed by atoms with Crippen molar-refractivity contribution >= 4 is 22.5 Å². The number of nitrogen functional groups attached to an aromatic ring is 1. The SMILES string of the molecule is COC(C)c1nsc(N2CCC(c3cc(N)n[nH]3)CC2)n1. The van der Waals surface area contributed by atoms with Gasteiger partial charge in [-0.15, -0.1) is 0 Å². The van der Waals surface area contributed by atoms with E-state index in [4.69, 9.17) is 10.5 Å². The number of anilines is 2. The number of aromatic nitrogens is 4. The summed E-state index contributed by atoms with van der Waals surface area (Å²) in [6.45, 7) is 3.90. The summed E-state index contributed by atoms with van der Waals surface area (Å²) < 4.78 is 9.63. The van der Waals surface area contributed by atoms with E-state index in [1.54, 1.807) is 7.11 Å². The molecule has 114 valence electrons. The summed E-state index contributed by atoms with van der Waals surface area (Å²) in [7, 11) is 1.67. The van der Waals surface area contributed by atoms with Crippen molar-refractivity contribution in [1.82, 2.24) is 19.6 Å². The number of nitrogens with two attached hydrogens (primary N) is 1. The standard InChI is InChI=1S/C13H20N6OS/c1-8(20-2)12-15-13(21-18-12)19-5-3-9(4-6-19)10-7-11(14)17-16-10/h7-9H,3-6H2,1-2H3,(H3,14,16,17). The minimum Gasteiger partial charge on any atom is -0.382 e. The van der Waals surface area contributed by atoms with Crippen LogP contribution < -0.4 is 10.6 Å². The van der Waals surface area contributed by atoms with Crippen molar-refractivity contribution in [3.8, 4) is 0 Å². The molecule has 0 radical (unpaired) electrons. The van der Waals surface area contributed by atoms with E-state index in [2.05, 4.69) is 24.5 Å². The third kappa shape index (κ3) is 3.01. The fourth-order valence-electron chi connectivity index (χ4n) is 2.57. The van der Waals surface area contributed by atoms with E-state index in [0.717, 1.165) is 42.6 Å². The van der Waals surface area contributed by atoms with Crippen molar-refractivity contribution in [1.29, 1.82) is 0 Å². The second-order valence-electron chi connectivity index (χ2n) is 5.32. The summed E-state index contributed by atoms with van der Waals surface area (Å²) >= 11 is 1.45. The first kappa shape index (κ1) is 14.3. The molecule has 3 heterocycles. The first-order chi connectivity index (χ1) is 10.2. The molecule has 3 rings (SSSR count). The van der Waals surface area contributed by atoms with Gasteiger partial charge in [0.1, 0.15) is 11.9 Å². The first-order valence-electron chi connectivity index (χ1n) is 7.09. The molecule has 3 N–H and O–H groups in total. The quantitative estimate of drug-likeness (QED) is 0.896. The molecule has 1 saturated heterocycles.